The Balaban J connectivity index is 0.00000128. The highest BCUT2D eigenvalue weighted by atomic mass is 35.5. The number of halogens is 1. The van der Waals surface area contributed by atoms with Crippen LogP contribution in [-0.2, 0) is 0 Å². The summed E-state index contributed by atoms with van der Waals surface area (Å²) in [4.78, 5) is 18.6. The van der Waals surface area contributed by atoms with E-state index in [9.17, 15) is 4.79 Å². The van der Waals surface area contributed by atoms with E-state index in [1.807, 2.05) is 12.1 Å². The predicted octanol–water partition coefficient (Wildman–Crippen LogP) is 2.26. The summed E-state index contributed by atoms with van der Waals surface area (Å²) in [5.41, 5.74) is 1.84. The zero-order valence-corrected chi connectivity index (χ0v) is 9.02. The number of carbonyl (C=O) groups is 1. The van der Waals surface area contributed by atoms with Crippen LogP contribution in [0.1, 0.15) is 10.4 Å². The van der Waals surface area contributed by atoms with Crippen LogP contribution in [0.25, 0.3) is 11.3 Å². The fraction of sp³-hybridized carbons (Fsp3) is 0. The SMILES string of the molecule is Cl.O=C(O)c1ccc(-c2ccncc2)nc1. The van der Waals surface area contributed by atoms with Crippen molar-refractivity contribution in [1.29, 1.82) is 0 Å². The van der Waals surface area contributed by atoms with Gasteiger partial charge in [0, 0.05) is 24.2 Å². The van der Waals surface area contributed by atoms with Crippen molar-refractivity contribution in [3.8, 4) is 11.3 Å². The number of rotatable bonds is 2. The second-order valence-electron chi connectivity index (χ2n) is 2.97. The number of pyridine rings is 2. The standard InChI is InChI=1S/C11H8N2O2.ClH/c14-11(15)9-1-2-10(13-7-9)8-3-5-12-6-4-8;/h1-7H,(H,14,15);1H. The predicted molar refractivity (Wildman–Crippen MR) is 61.7 cm³/mol. The highest BCUT2D eigenvalue weighted by Gasteiger charge is 2.03. The molecular formula is C11H9ClN2O2. The second kappa shape index (κ2) is 5.23. The summed E-state index contributed by atoms with van der Waals surface area (Å²) in [5, 5.41) is 8.70. The first-order valence-corrected chi connectivity index (χ1v) is 4.37. The molecule has 0 aromatic carbocycles. The molecule has 5 heteroatoms. The summed E-state index contributed by atoms with van der Waals surface area (Å²) in [6, 6.07) is 6.86. The van der Waals surface area contributed by atoms with Crippen LogP contribution in [0, 0.1) is 0 Å². The van der Waals surface area contributed by atoms with E-state index in [2.05, 4.69) is 9.97 Å². The summed E-state index contributed by atoms with van der Waals surface area (Å²) in [6.45, 7) is 0. The maximum atomic E-state index is 10.6. The van der Waals surface area contributed by atoms with Gasteiger partial charge in [-0.25, -0.2) is 4.79 Å². The Morgan fingerprint density at radius 1 is 1.12 bits per heavy atom. The Labute approximate surface area is 98.4 Å². The summed E-state index contributed by atoms with van der Waals surface area (Å²) in [6.07, 6.45) is 4.68. The Hall–Kier alpha value is -1.94. The van der Waals surface area contributed by atoms with E-state index >= 15 is 0 Å². The zero-order chi connectivity index (χ0) is 10.7. The van der Waals surface area contributed by atoms with E-state index in [0.717, 1.165) is 11.3 Å². The van der Waals surface area contributed by atoms with Gasteiger partial charge in [0.2, 0.25) is 0 Å². The number of aromatic nitrogens is 2. The molecule has 0 bridgehead atoms. The van der Waals surface area contributed by atoms with Gasteiger partial charge in [-0.2, -0.15) is 0 Å². The molecule has 4 nitrogen and oxygen atoms in total. The summed E-state index contributed by atoms with van der Waals surface area (Å²) in [7, 11) is 0. The van der Waals surface area contributed by atoms with Gasteiger partial charge in [0.25, 0.3) is 0 Å². The van der Waals surface area contributed by atoms with Crippen molar-refractivity contribution in [1.82, 2.24) is 9.97 Å². The van der Waals surface area contributed by atoms with Crippen molar-refractivity contribution >= 4 is 18.4 Å². The molecule has 0 radical (unpaired) electrons. The van der Waals surface area contributed by atoms with Crippen molar-refractivity contribution in [2.45, 2.75) is 0 Å². The third kappa shape index (κ3) is 2.55. The van der Waals surface area contributed by atoms with E-state index in [0.29, 0.717) is 0 Å². The van der Waals surface area contributed by atoms with Crippen LogP contribution in [0.3, 0.4) is 0 Å². The molecule has 0 unspecified atom stereocenters. The van der Waals surface area contributed by atoms with Gasteiger partial charge in [-0.1, -0.05) is 0 Å². The lowest BCUT2D eigenvalue weighted by molar-refractivity contribution is 0.0696. The largest absolute Gasteiger partial charge is 0.478 e. The van der Waals surface area contributed by atoms with Crippen molar-refractivity contribution in [3.63, 3.8) is 0 Å². The fourth-order valence-electron chi connectivity index (χ4n) is 1.21. The van der Waals surface area contributed by atoms with Crippen LogP contribution in [0.15, 0.2) is 42.9 Å². The number of hydrogen-bond donors (Lipinski definition) is 1. The van der Waals surface area contributed by atoms with Gasteiger partial charge in [0.05, 0.1) is 11.3 Å². The summed E-state index contributed by atoms with van der Waals surface area (Å²) in [5.74, 6) is -0.969. The van der Waals surface area contributed by atoms with Gasteiger partial charge in [0.15, 0.2) is 0 Å². The average molecular weight is 237 g/mol. The van der Waals surface area contributed by atoms with Crippen molar-refractivity contribution in [2.75, 3.05) is 0 Å². The van der Waals surface area contributed by atoms with Crippen LogP contribution in [0.4, 0.5) is 0 Å². The zero-order valence-electron chi connectivity index (χ0n) is 8.20. The molecular weight excluding hydrogens is 228 g/mol. The third-order valence-electron chi connectivity index (χ3n) is 1.99. The lowest BCUT2D eigenvalue weighted by atomic mass is 10.1. The fourth-order valence-corrected chi connectivity index (χ4v) is 1.21. The van der Waals surface area contributed by atoms with Gasteiger partial charge in [-0.3, -0.25) is 9.97 Å². The maximum Gasteiger partial charge on any atom is 0.337 e. The van der Waals surface area contributed by atoms with Crippen LogP contribution in [-0.4, -0.2) is 21.0 Å². The average Bonchev–Trinajstić information content (AvgIpc) is 2.30. The first-order valence-electron chi connectivity index (χ1n) is 4.37. The van der Waals surface area contributed by atoms with Crippen LogP contribution >= 0.6 is 12.4 Å². The smallest absolute Gasteiger partial charge is 0.337 e. The minimum Gasteiger partial charge on any atom is -0.478 e. The highest BCUT2D eigenvalue weighted by molar-refractivity contribution is 5.87. The second-order valence-corrected chi connectivity index (χ2v) is 2.97. The molecule has 0 aliphatic carbocycles. The third-order valence-corrected chi connectivity index (χ3v) is 1.99. The molecule has 0 saturated heterocycles. The minimum atomic E-state index is -0.969. The van der Waals surface area contributed by atoms with E-state index in [-0.39, 0.29) is 18.0 Å². The van der Waals surface area contributed by atoms with Crippen LogP contribution < -0.4 is 0 Å². The van der Waals surface area contributed by atoms with Gasteiger partial charge < -0.3 is 5.11 Å². The molecule has 2 aromatic rings. The molecule has 2 heterocycles. The van der Waals surface area contributed by atoms with E-state index in [1.165, 1.54) is 12.3 Å². The first kappa shape index (κ1) is 12.1. The lowest BCUT2D eigenvalue weighted by Crippen LogP contribution is -1.96. The van der Waals surface area contributed by atoms with Crippen LogP contribution in [0.2, 0.25) is 0 Å². The van der Waals surface area contributed by atoms with Gasteiger partial charge in [-0.15, -0.1) is 12.4 Å². The number of carboxylic acid groups (broad SMARTS) is 1. The highest BCUT2D eigenvalue weighted by Crippen LogP contribution is 2.15. The van der Waals surface area contributed by atoms with Gasteiger partial charge >= 0.3 is 5.97 Å². The van der Waals surface area contributed by atoms with Crippen molar-refractivity contribution in [2.24, 2.45) is 0 Å². The molecule has 0 aliphatic heterocycles. The first-order chi connectivity index (χ1) is 7.27. The number of aromatic carboxylic acids is 1. The quantitative estimate of drug-likeness (QED) is 0.869. The molecule has 2 rings (SSSR count). The maximum absolute atomic E-state index is 10.6. The summed E-state index contributed by atoms with van der Waals surface area (Å²) >= 11 is 0. The van der Waals surface area contributed by atoms with E-state index in [1.54, 1.807) is 18.5 Å². The van der Waals surface area contributed by atoms with E-state index in [4.69, 9.17) is 5.11 Å². The minimum absolute atomic E-state index is 0. The Kier molecular flexibility index (Phi) is 3.96. The molecule has 0 saturated carbocycles. The molecule has 0 spiro atoms. The van der Waals surface area contributed by atoms with Gasteiger partial charge in [0.1, 0.15) is 0 Å². The molecule has 2 aromatic heterocycles. The Morgan fingerprint density at radius 3 is 2.31 bits per heavy atom. The molecule has 0 amide bonds. The molecule has 0 atom stereocenters. The topological polar surface area (TPSA) is 63.1 Å². The Bertz CT molecular complexity index is 471. The monoisotopic (exact) mass is 236 g/mol. The van der Waals surface area contributed by atoms with Gasteiger partial charge in [-0.05, 0) is 24.3 Å². The van der Waals surface area contributed by atoms with Crippen molar-refractivity contribution < 1.29 is 9.90 Å². The molecule has 0 fully saturated rings. The molecule has 16 heavy (non-hydrogen) atoms. The molecule has 82 valence electrons. The number of carboxylic acids is 1. The molecule has 0 aliphatic rings. The van der Waals surface area contributed by atoms with E-state index < -0.39 is 5.97 Å². The lowest BCUT2D eigenvalue weighted by Gasteiger charge is -1.99. The summed E-state index contributed by atoms with van der Waals surface area (Å²) < 4.78 is 0. The Morgan fingerprint density at radius 2 is 1.81 bits per heavy atom. The number of hydrogen-bond acceptors (Lipinski definition) is 3. The normalized spacial score (nSPS) is 9.25. The number of nitrogens with zero attached hydrogens (tertiary/aromatic N) is 2. The van der Waals surface area contributed by atoms with Crippen molar-refractivity contribution in [3.05, 3.63) is 48.4 Å². The molecule has 1 N–H and O–H groups in total. The van der Waals surface area contributed by atoms with Crippen LogP contribution in [0.5, 0.6) is 0 Å².